The number of fused-ring (bicyclic) bond motifs is 1. The fourth-order valence-electron chi connectivity index (χ4n) is 5.59. The minimum Gasteiger partial charge on any atom is -0.0628 e. The van der Waals surface area contributed by atoms with Crippen molar-refractivity contribution in [1.29, 1.82) is 0 Å². The molecule has 19 heavy (non-hydrogen) atoms. The highest BCUT2D eigenvalue weighted by molar-refractivity contribution is 5.00. The second-order valence-electron chi connectivity index (χ2n) is 8.47. The van der Waals surface area contributed by atoms with Crippen LogP contribution < -0.4 is 0 Å². The first kappa shape index (κ1) is 15.4. The van der Waals surface area contributed by atoms with E-state index in [2.05, 4.69) is 34.6 Å². The molecule has 0 aliphatic heterocycles. The summed E-state index contributed by atoms with van der Waals surface area (Å²) in [5.41, 5.74) is 0.689. The summed E-state index contributed by atoms with van der Waals surface area (Å²) in [7, 11) is 0. The highest BCUT2D eigenvalue weighted by atomic mass is 14.6. The zero-order valence-electron chi connectivity index (χ0n) is 14.0. The van der Waals surface area contributed by atoms with Crippen molar-refractivity contribution in [1.82, 2.24) is 0 Å². The molecule has 0 N–H and O–H groups in total. The van der Waals surface area contributed by atoms with Gasteiger partial charge in [0, 0.05) is 0 Å². The first-order chi connectivity index (χ1) is 8.95. The van der Waals surface area contributed by atoms with Gasteiger partial charge in [-0.3, -0.25) is 0 Å². The van der Waals surface area contributed by atoms with Gasteiger partial charge in [-0.25, -0.2) is 0 Å². The van der Waals surface area contributed by atoms with E-state index in [0.717, 1.165) is 29.6 Å². The molecule has 5 atom stereocenters. The van der Waals surface area contributed by atoms with E-state index in [0.29, 0.717) is 5.41 Å². The van der Waals surface area contributed by atoms with E-state index < -0.39 is 0 Å². The third-order valence-corrected chi connectivity index (χ3v) is 6.67. The van der Waals surface area contributed by atoms with Gasteiger partial charge in [-0.1, -0.05) is 66.7 Å². The van der Waals surface area contributed by atoms with Crippen molar-refractivity contribution in [3.63, 3.8) is 0 Å². The molecular formula is C19H36. The van der Waals surface area contributed by atoms with Crippen LogP contribution in [0.3, 0.4) is 0 Å². The molecule has 0 spiro atoms. The Balaban J connectivity index is 1.93. The van der Waals surface area contributed by atoms with Gasteiger partial charge in [0.15, 0.2) is 0 Å². The van der Waals surface area contributed by atoms with Crippen molar-refractivity contribution in [3.05, 3.63) is 0 Å². The minimum atomic E-state index is 0.689. The van der Waals surface area contributed by atoms with Crippen LogP contribution in [0, 0.1) is 35.0 Å². The Labute approximate surface area is 121 Å². The SMILES string of the molecule is CC(C)CCCC(C)C1CCC2C(C)CCCC12C. The lowest BCUT2D eigenvalue weighted by atomic mass is 9.59. The molecule has 0 heteroatoms. The van der Waals surface area contributed by atoms with E-state index in [4.69, 9.17) is 0 Å². The van der Waals surface area contributed by atoms with Gasteiger partial charge in [-0.05, 0) is 54.3 Å². The van der Waals surface area contributed by atoms with Crippen molar-refractivity contribution < 1.29 is 0 Å². The van der Waals surface area contributed by atoms with E-state index in [1.165, 1.54) is 51.4 Å². The van der Waals surface area contributed by atoms with Crippen LogP contribution in [0.2, 0.25) is 0 Å². The lowest BCUT2D eigenvalue weighted by molar-refractivity contribution is 0.0345. The van der Waals surface area contributed by atoms with Crippen molar-refractivity contribution in [2.45, 2.75) is 86.0 Å². The Kier molecular flexibility index (Phi) is 5.01. The Hall–Kier alpha value is 0. The van der Waals surface area contributed by atoms with Gasteiger partial charge in [-0.15, -0.1) is 0 Å². The zero-order valence-corrected chi connectivity index (χ0v) is 14.0. The van der Waals surface area contributed by atoms with E-state index in [9.17, 15) is 0 Å². The quantitative estimate of drug-likeness (QED) is 0.546. The fourth-order valence-corrected chi connectivity index (χ4v) is 5.59. The average Bonchev–Trinajstić information content (AvgIpc) is 2.67. The fraction of sp³-hybridized carbons (Fsp3) is 1.00. The van der Waals surface area contributed by atoms with Crippen LogP contribution in [0.25, 0.3) is 0 Å². The molecule has 2 aliphatic carbocycles. The number of hydrogen-bond donors (Lipinski definition) is 0. The Bertz CT molecular complexity index is 280. The summed E-state index contributed by atoms with van der Waals surface area (Å²) in [5, 5.41) is 0. The van der Waals surface area contributed by atoms with Gasteiger partial charge in [0.1, 0.15) is 0 Å². The van der Waals surface area contributed by atoms with Gasteiger partial charge >= 0.3 is 0 Å². The van der Waals surface area contributed by atoms with Crippen LogP contribution >= 0.6 is 0 Å². The molecule has 2 fully saturated rings. The second kappa shape index (κ2) is 6.19. The first-order valence-electron chi connectivity index (χ1n) is 8.95. The molecule has 0 aromatic rings. The Morgan fingerprint density at radius 1 is 1.05 bits per heavy atom. The molecule has 0 nitrogen and oxygen atoms in total. The van der Waals surface area contributed by atoms with Crippen molar-refractivity contribution in [3.8, 4) is 0 Å². The molecule has 112 valence electrons. The van der Waals surface area contributed by atoms with Crippen molar-refractivity contribution in [2.24, 2.45) is 35.0 Å². The van der Waals surface area contributed by atoms with Crippen LogP contribution in [0.5, 0.6) is 0 Å². The largest absolute Gasteiger partial charge is 0.0628 e. The average molecular weight is 264 g/mol. The van der Waals surface area contributed by atoms with Crippen LogP contribution in [0.1, 0.15) is 86.0 Å². The molecule has 0 aromatic heterocycles. The molecular weight excluding hydrogens is 228 g/mol. The normalized spacial score (nSPS) is 40.4. The summed E-state index contributed by atoms with van der Waals surface area (Å²) in [6, 6.07) is 0. The topological polar surface area (TPSA) is 0 Å². The van der Waals surface area contributed by atoms with Crippen LogP contribution in [0.4, 0.5) is 0 Å². The monoisotopic (exact) mass is 264 g/mol. The van der Waals surface area contributed by atoms with Crippen LogP contribution in [0.15, 0.2) is 0 Å². The lowest BCUT2D eigenvalue weighted by Crippen LogP contribution is -2.38. The molecule has 2 aliphatic rings. The first-order valence-corrected chi connectivity index (χ1v) is 8.95. The summed E-state index contributed by atoms with van der Waals surface area (Å²) in [5.74, 6) is 4.89. The number of hydrogen-bond acceptors (Lipinski definition) is 0. The molecule has 5 unspecified atom stereocenters. The van der Waals surface area contributed by atoms with Crippen LogP contribution in [-0.4, -0.2) is 0 Å². The molecule has 0 bridgehead atoms. The second-order valence-corrected chi connectivity index (χ2v) is 8.47. The van der Waals surface area contributed by atoms with Gasteiger partial charge in [0.2, 0.25) is 0 Å². The third kappa shape index (κ3) is 3.19. The maximum atomic E-state index is 2.64. The van der Waals surface area contributed by atoms with E-state index >= 15 is 0 Å². The third-order valence-electron chi connectivity index (χ3n) is 6.67. The predicted octanol–water partition coefficient (Wildman–Crippen LogP) is 6.30. The van der Waals surface area contributed by atoms with Gasteiger partial charge in [-0.2, -0.15) is 0 Å². The van der Waals surface area contributed by atoms with E-state index in [1.54, 1.807) is 0 Å². The standard InChI is InChI=1S/C19H36/c1-14(2)8-6-9-15(3)17-11-12-18-16(4)10-7-13-19(17,18)5/h14-18H,6-13H2,1-5H3. The minimum absolute atomic E-state index is 0.689. The predicted molar refractivity (Wildman–Crippen MR) is 85.2 cm³/mol. The van der Waals surface area contributed by atoms with Crippen molar-refractivity contribution >= 4 is 0 Å². The smallest absolute Gasteiger partial charge is 0.0264 e. The highest BCUT2D eigenvalue weighted by Gasteiger charge is 2.50. The van der Waals surface area contributed by atoms with Crippen molar-refractivity contribution in [2.75, 3.05) is 0 Å². The van der Waals surface area contributed by atoms with E-state index in [-0.39, 0.29) is 0 Å². The summed E-state index contributed by atoms with van der Waals surface area (Å²) < 4.78 is 0. The Morgan fingerprint density at radius 2 is 1.79 bits per heavy atom. The van der Waals surface area contributed by atoms with Gasteiger partial charge < -0.3 is 0 Å². The van der Waals surface area contributed by atoms with Crippen LogP contribution in [-0.2, 0) is 0 Å². The maximum absolute atomic E-state index is 2.64. The Morgan fingerprint density at radius 3 is 2.47 bits per heavy atom. The summed E-state index contributed by atoms with van der Waals surface area (Å²) in [6.07, 6.45) is 11.9. The van der Waals surface area contributed by atoms with Gasteiger partial charge in [0.25, 0.3) is 0 Å². The zero-order chi connectivity index (χ0) is 14.0. The summed E-state index contributed by atoms with van der Waals surface area (Å²) >= 11 is 0. The maximum Gasteiger partial charge on any atom is -0.0264 e. The summed E-state index contributed by atoms with van der Waals surface area (Å²) in [6.45, 7) is 12.4. The number of rotatable bonds is 5. The summed E-state index contributed by atoms with van der Waals surface area (Å²) in [4.78, 5) is 0. The molecule has 2 saturated carbocycles. The molecule has 0 saturated heterocycles. The molecule has 2 rings (SSSR count). The lowest BCUT2D eigenvalue weighted by Gasteiger charge is -2.46. The van der Waals surface area contributed by atoms with E-state index in [1.807, 2.05) is 0 Å². The molecule has 0 aromatic carbocycles. The van der Waals surface area contributed by atoms with Gasteiger partial charge in [0.05, 0.1) is 0 Å². The molecule has 0 heterocycles. The molecule has 0 radical (unpaired) electrons. The molecule has 0 amide bonds. The highest BCUT2D eigenvalue weighted by Crippen LogP contribution is 2.59.